The van der Waals surface area contributed by atoms with Gasteiger partial charge in [0.25, 0.3) is 5.56 Å². The number of hydrogen-bond donors (Lipinski definition) is 2. The fraction of sp³-hybridized carbons (Fsp3) is 0.357. The van der Waals surface area contributed by atoms with Crippen LogP contribution in [0.25, 0.3) is 11.0 Å². The third-order valence-electron chi connectivity index (χ3n) is 7.35. The van der Waals surface area contributed by atoms with Crippen LogP contribution >= 0.6 is 0 Å². The lowest BCUT2D eigenvalue weighted by Gasteiger charge is -2.19. The number of anilines is 3. The summed E-state index contributed by atoms with van der Waals surface area (Å²) in [6.45, 7) is 1.81. The Morgan fingerprint density at radius 2 is 1.83 bits per heavy atom. The average molecular weight is 482 g/mol. The highest BCUT2D eigenvalue weighted by atomic mass is 16.1. The molecule has 1 aliphatic carbocycles. The largest absolute Gasteiger partial charge is 0.369 e. The zero-order valence-corrected chi connectivity index (χ0v) is 20.3. The summed E-state index contributed by atoms with van der Waals surface area (Å²) in [6.07, 6.45) is 9.53. The van der Waals surface area contributed by atoms with E-state index in [1.807, 2.05) is 53.4 Å². The van der Waals surface area contributed by atoms with E-state index in [9.17, 15) is 4.79 Å². The van der Waals surface area contributed by atoms with Gasteiger partial charge < -0.3 is 16.0 Å². The summed E-state index contributed by atoms with van der Waals surface area (Å²) >= 11 is 0. The molecule has 1 atom stereocenters. The third kappa shape index (κ3) is 4.56. The molecule has 184 valence electrons. The van der Waals surface area contributed by atoms with Crippen molar-refractivity contribution in [3.05, 3.63) is 82.4 Å². The van der Waals surface area contributed by atoms with E-state index in [4.69, 9.17) is 10.7 Å². The minimum absolute atomic E-state index is 0.0502. The van der Waals surface area contributed by atoms with Crippen molar-refractivity contribution in [1.29, 1.82) is 0 Å². The predicted octanol–water partition coefficient (Wildman–Crippen LogP) is 4.17. The van der Waals surface area contributed by atoms with Crippen LogP contribution < -0.4 is 21.5 Å². The molecule has 2 aliphatic rings. The van der Waals surface area contributed by atoms with Gasteiger partial charge in [-0.15, -0.1) is 0 Å². The first kappa shape index (κ1) is 22.7. The first-order chi connectivity index (χ1) is 17.6. The fourth-order valence-corrected chi connectivity index (χ4v) is 5.46. The molecule has 1 saturated carbocycles. The van der Waals surface area contributed by atoms with Gasteiger partial charge in [0.15, 0.2) is 0 Å². The van der Waals surface area contributed by atoms with E-state index in [1.54, 1.807) is 0 Å². The molecule has 2 fully saturated rings. The molecule has 0 spiro atoms. The molecule has 4 heterocycles. The number of aromatic nitrogens is 4. The van der Waals surface area contributed by atoms with Gasteiger partial charge in [-0.2, -0.15) is 4.98 Å². The van der Waals surface area contributed by atoms with Crippen molar-refractivity contribution in [2.24, 2.45) is 5.73 Å². The Labute approximate surface area is 210 Å². The molecule has 3 N–H and O–H groups in total. The lowest BCUT2D eigenvalue weighted by molar-refractivity contribution is 0.513. The average Bonchev–Trinajstić information content (AvgIpc) is 3.58. The van der Waals surface area contributed by atoms with E-state index in [1.165, 1.54) is 0 Å². The highest BCUT2D eigenvalue weighted by molar-refractivity contribution is 5.77. The van der Waals surface area contributed by atoms with Crippen LogP contribution in [0.5, 0.6) is 0 Å². The summed E-state index contributed by atoms with van der Waals surface area (Å²) in [7, 11) is 0. The monoisotopic (exact) mass is 481 g/mol. The Morgan fingerprint density at radius 1 is 1.00 bits per heavy atom. The number of benzene rings is 1. The molecule has 3 aromatic heterocycles. The van der Waals surface area contributed by atoms with Crippen LogP contribution in [0.4, 0.5) is 17.5 Å². The Hall–Kier alpha value is -3.78. The van der Waals surface area contributed by atoms with E-state index in [0.29, 0.717) is 23.8 Å². The number of hydrogen-bond acceptors (Lipinski definition) is 7. The predicted molar refractivity (Wildman–Crippen MR) is 143 cm³/mol. The Bertz CT molecular complexity index is 1410. The van der Waals surface area contributed by atoms with Gasteiger partial charge >= 0.3 is 0 Å². The molecule has 0 amide bonds. The van der Waals surface area contributed by atoms with E-state index in [0.717, 1.165) is 67.4 Å². The SMILES string of the molecule is NC1CCN(c2ccc(Nc3ncc4cc(Cc5ccccc5)c(=O)n(C5CCCC5)c4n3)nc2)C1. The lowest BCUT2D eigenvalue weighted by atomic mass is 10.0. The third-order valence-corrected chi connectivity index (χ3v) is 7.35. The second kappa shape index (κ2) is 9.70. The molecule has 36 heavy (non-hydrogen) atoms. The highest BCUT2D eigenvalue weighted by Gasteiger charge is 2.23. The number of nitrogens with two attached hydrogens (primary N) is 1. The second-order valence-corrected chi connectivity index (χ2v) is 9.94. The van der Waals surface area contributed by atoms with E-state index in [-0.39, 0.29) is 17.6 Å². The van der Waals surface area contributed by atoms with Crippen molar-refractivity contribution in [2.45, 2.75) is 50.6 Å². The van der Waals surface area contributed by atoms with Crippen molar-refractivity contribution in [3.63, 3.8) is 0 Å². The van der Waals surface area contributed by atoms with E-state index in [2.05, 4.69) is 32.3 Å². The van der Waals surface area contributed by atoms with Crippen LogP contribution in [-0.2, 0) is 6.42 Å². The molecule has 1 aliphatic heterocycles. The zero-order chi connectivity index (χ0) is 24.5. The fourth-order valence-electron chi connectivity index (χ4n) is 5.46. The minimum Gasteiger partial charge on any atom is -0.369 e. The molecular weight excluding hydrogens is 450 g/mol. The van der Waals surface area contributed by atoms with Crippen LogP contribution in [0.3, 0.4) is 0 Å². The summed E-state index contributed by atoms with van der Waals surface area (Å²) in [5.41, 5.74) is 9.74. The summed E-state index contributed by atoms with van der Waals surface area (Å²) in [4.78, 5) is 29.9. The van der Waals surface area contributed by atoms with Crippen molar-refractivity contribution in [3.8, 4) is 0 Å². The van der Waals surface area contributed by atoms with Crippen molar-refractivity contribution in [2.75, 3.05) is 23.3 Å². The van der Waals surface area contributed by atoms with Crippen LogP contribution in [-0.4, -0.2) is 38.7 Å². The van der Waals surface area contributed by atoms with Crippen molar-refractivity contribution in [1.82, 2.24) is 19.5 Å². The van der Waals surface area contributed by atoms with Gasteiger partial charge in [0.2, 0.25) is 5.95 Å². The number of rotatable bonds is 6. The van der Waals surface area contributed by atoms with Crippen LogP contribution in [0.2, 0.25) is 0 Å². The molecule has 6 rings (SSSR count). The van der Waals surface area contributed by atoms with Crippen LogP contribution in [0, 0.1) is 0 Å². The van der Waals surface area contributed by atoms with E-state index >= 15 is 0 Å². The molecule has 1 aromatic carbocycles. The highest BCUT2D eigenvalue weighted by Crippen LogP contribution is 2.31. The van der Waals surface area contributed by atoms with Gasteiger partial charge in [-0.05, 0) is 43.0 Å². The van der Waals surface area contributed by atoms with Gasteiger partial charge in [-0.1, -0.05) is 43.2 Å². The summed E-state index contributed by atoms with van der Waals surface area (Å²) < 4.78 is 1.92. The van der Waals surface area contributed by atoms with Crippen LogP contribution in [0.1, 0.15) is 49.3 Å². The standard InChI is InChI=1S/C28H31N7O/c29-22-12-13-34(18-22)24-10-11-25(30-17-24)32-28-31-16-21-15-20(14-19-6-2-1-3-7-19)27(36)35(26(21)33-28)23-8-4-5-9-23/h1-3,6-7,10-11,15-17,22-23H,4-5,8-9,12-14,18,29H2,(H,30,31,32,33). The van der Waals surface area contributed by atoms with Gasteiger partial charge in [0, 0.05) is 48.7 Å². The normalized spacial score (nSPS) is 18.2. The van der Waals surface area contributed by atoms with Crippen LogP contribution in [0.15, 0.2) is 65.7 Å². The van der Waals surface area contributed by atoms with Gasteiger partial charge in [-0.3, -0.25) is 9.36 Å². The maximum absolute atomic E-state index is 13.7. The maximum atomic E-state index is 13.7. The van der Waals surface area contributed by atoms with Crippen molar-refractivity contribution >= 4 is 28.5 Å². The smallest absolute Gasteiger partial charge is 0.256 e. The maximum Gasteiger partial charge on any atom is 0.256 e. The molecule has 1 saturated heterocycles. The molecule has 1 unspecified atom stereocenters. The quantitative estimate of drug-likeness (QED) is 0.426. The molecule has 0 bridgehead atoms. The molecular formula is C28H31N7O. The summed E-state index contributed by atoms with van der Waals surface area (Å²) in [6, 6.07) is 16.4. The molecule has 8 nitrogen and oxygen atoms in total. The summed E-state index contributed by atoms with van der Waals surface area (Å²) in [5.74, 6) is 1.10. The van der Waals surface area contributed by atoms with Gasteiger partial charge in [-0.25, -0.2) is 9.97 Å². The van der Waals surface area contributed by atoms with Gasteiger partial charge in [0.1, 0.15) is 11.5 Å². The first-order valence-corrected chi connectivity index (χ1v) is 12.8. The lowest BCUT2D eigenvalue weighted by Crippen LogP contribution is -2.28. The Kier molecular flexibility index (Phi) is 6.11. The molecule has 4 aromatic rings. The summed E-state index contributed by atoms with van der Waals surface area (Å²) in [5, 5.41) is 4.10. The van der Waals surface area contributed by atoms with Crippen molar-refractivity contribution < 1.29 is 0 Å². The Morgan fingerprint density at radius 3 is 2.56 bits per heavy atom. The zero-order valence-electron chi connectivity index (χ0n) is 20.3. The molecule has 0 radical (unpaired) electrons. The number of nitrogens with zero attached hydrogens (tertiary/aromatic N) is 5. The van der Waals surface area contributed by atoms with Gasteiger partial charge in [0.05, 0.1) is 11.9 Å². The molecule has 8 heteroatoms. The Balaban J connectivity index is 1.32. The topological polar surface area (TPSA) is 102 Å². The number of nitrogens with one attached hydrogen (secondary N) is 1. The van der Waals surface area contributed by atoms with E-state index < -0.39 is 0 Å². The minimum atomic E-state index is 0.0502. The first-order valence-electron chi connectivity index (χ1n) is 12.8. The number of fused-ring (bicyclic) bond motifs is 1. The number of pyridine rings is 2. The second-order valence-electron chi connectivity index (χ2n) is 9.94.